The van der Waals surface area contributed by atoms with Gasteiger partial charge < -0.3 is 10.5 Å². The number of hydrogen-bond acceptors (Lipinski definition) is 2. The molecule has 0 heterocycles. The molecule has 0 saturated carbocycles. The molecule has 0 bridgehead atoms. The van der Waals surface area contributed by atoms with Crippen LogP contribution in [0.4, 0.5) is 0 Å². The van der Waals surface area contributed by atoms with E-state index in [1.165, 1.54) is 0 Å². The molecule has 0 aliphatic rings. The van der Waals surface area contributed by atoms with Gasteiger partial charge in [-0.25, -0.2) is 0 Å². The fraction of sp³-hybridized carbons (Fsp3) is 0.273. The first-order valence-corrected chi connectivity index (χ1v) is 4.77. The molecule has 0 amide bonds. The van der Waals surface area contributed by atoms with Crippen LogP contribution in [0.2, 0.25) is 5.02 Å². The molecule has 1 aromatic rings. The quantitative estimate of drug-likeness (QED) is 0.778. The van der Waals surface area contributed by atoms with Crippen LogP contribution >= 0.6 is 11.6 Å². The van der Waals surface area contributed by atoms with Gasteiger partial charge in [-0.15, -0.1) is 0 Å². The average molecular weight is 212 g/mol. The molecule has 0 aromatic heterocycles. The van der Waals surface area contributed by atoms with Gasteiger partial charge in [-0.2, -0.15) is 0 Å². The number of nitrogens with two attached hydrogens (primary N) is 1. The minimum Gasteiger partial charge on any atom is -0.487 e. The third-order valence-corrected chi connectivity index (χ3v) is 2.03. The van der Waals surface area contributed by atoms with Crippen LogP contribution in [0.25, 0.3) is 0 Å². The summed E-state index contributed by atoms with van der Waals surface area (Å²) in [6.45, 7) is 6.55. The Morgan fingerprint density at radius 1 is 1.57 bits per heavy atom. The lowest BCUT2D eigenvalue weighted by Gasteiger charge is -2.11. The van der Waals surface area contributed by atoms with Gasteiger partial charge in [0, 0.05) is 12.1 Å². The zero-order valence-electron chi connectivity index (χ0n) is 8.22. The maximum absolute atomic E-state index is 5.98. The highest BCUT2D eigenvalue weighted by molar-refractivity contribution is 6.32. The summed E-state index contributed by atoms with van der Waals surface area (Å²) in [5.74, 6) is 0.666. The van der Waals surface area contributed by atoms with E-state index in [0.717, 1.165) is 11.1 Å². The highest BCUT2D eigenvalue weighted by Crippen LogP contribution is 2.28. The van der Waals surface area contributed by atoms with E-state index < -0.39 is 0 Å². The Bertz CT molecular complexity index is 336. The number of rotatable bonds is 4. The average Bonchev–Trinajstić information content (AvgIpc) is 2.15. The van der Waals surface area contributed by atoms with Crippen LogP contribution in [-0.4, -0.2) is 6.61 Å². The van der Waals surface area contributed by atoms with Crippen LogP contribution in [0.1, 0.15) is 12.5 Å². The molecule has 0 saturated heterocycles. The van der Waals surface area contributed by atoms with E-state index in [1.54, 1.807) is 6.07 Å². The number of hydrogen-bond donors (Lipinski definition) is 1. The Kier molecular flexibility index (Phi) is 3.98. The highest BCUT2D eigenvalue weighted by Gasteiger charge is 2.06. The summed E-state index contributed by atoms with van der Waals surface area (Å²) in [5, 5.41) is 0.592. The third-order valence-electron chi connectivity index (χ3n) is 1.73. The molecule has 1 rings (SSSR count). The van der Waals surface area contributed by atoms with Crippen molar-refractivity contribution in [2.24, 2.45) is 5.73 Å². The van der Waals surface area contributed by atoms with Gasteiger partial charge in [0.2, 0.25) is 0 Å². The Morgan fingerprint density at radius 2 is 2.29 bits per heavy atom. The summed E-state index contributed by atoms with van der Waals surface area (Å²) in [7, 11) is 0. The zero-order valence-corrected chi connectivity index (χ0v) is 8.97. The highest BCUT2D eigenvalue weighted by atomic mass is 35.5. The van der Waals surface area contributed by atoms with Gasteiger partial charge in [0.1, 0.15) is 12.4 Å². The number of ether oxygens (including phenoxy) is 1. The molecule has 0 radical (unpaired) electrons. The van der Waals surface area contributed by atoms with Crippen LogP contribution in [0.5, 0.6) is 5.75 Å². The maximum atomic E-state index is 5.98. The Balaban J connectivity index is 2.87. The molecule has 0 spiro atoms. The van der Waals surface area contributed by atoms with Crippen LogP contribution < -0.4 is 10.5 Å². The Morgan fingerprint density at radius 3 is 2.86 bits per heavy atom. The lowest BCUT2D eigenvalue weighted by Crippen LogP contribution is -2.04. The van der Waals surface area contributed by atoms with Gasteiger partial charge in [0.25, 0.3) is 0 Å². The third kappa shape index (κ3) is 2.76. The van der Waals surface area contributed by atoms with Crippen molar-refractivity contribution < 1.29 is 4.74 Å². The number of halogens is 1. The molecular weight excluding hydrogens is 198 g/mol. The van der Waals surface area contributed by atoms with Crippen molar-refractivity contribution in [3.8, 4) is 5.75 Å². The van der Waals surface area contributed by atoms with Gasteiger partial charge in [0.05, 0.1) is 5.02 Å². The monoisotopic (exact) mass is 211 g/mol. The largest absolute Gasteiger partial charge is 0.487 e. The first-order valence-electron chi connectivity index (χ1n) is 4.39. The number of benzene rings is 1. The van der Waals surface area contributed by atoms with Crippen molar-refractivity contribution in [1.29, 1.82) is 0 Å². The minimum atomic E-state index is 0.423. The molecule has 76 valence electrons. The van der Waals surface area contributed by atoms with E-state index in [-0.39, 0.29) is 0 Å². The van der Waals surface area contributed by atoms with Gasteiger partial charge in [-0.3, -0.25) is 0 Å². The molecule has 0 aliphatic carbocycles. The van der Waals surface area contributed by atoms with E-state index >= 15 is 0 Å². The Hall–Kier alpha value is -0.990. The van der Waals surface area contributed by atoms with E-state index in [1.807, 2.05) is 19.1 Å². The van der Waals surface area contributed by atoms with E-state index in [9.17, 15) is 0 Å². The van der Waals surface area contributed by atoms with Crippen LogP contribution in [0.15, 0.2) is 30.4 Å². The molecule has 1 aromatic carbocycles. The standard InChI is InChI=1S/C11H14ClNO/c1-8(2)7-14-11-9(6-13)4-3-5-10(11)12/h3-5H,1,6-7,13H2,2H3. The summed E-state index contributed by atoms with van der Waals surface area (Å²) < 4.78 is 5.51. The SMILES string of the molecule is C=C(C)COc1c(Cl)cccc1CN. The van der Waals surface area contributed by atoms with Gasteiger partial charge in [-0.05, 0) is 18.6 Å². The predicted octanol–water partition coefficient (Wildman–Crippen LogP) is 2.75. The molecule has 2 N–H and O–H groups in total. The van der Waals surface area contributed by atoms with Gasteiger partial charge >= 0.3 is 0 Å². The lowest BCUT2D eigenvalue weighted by molar-refractivity contribution is 0.349. The second-order valence-corrected chi connectivity index (χ2v) is 3.59. The first kappa shape index (κ1) is 11.1. The molecule has 0 unspecified atom stereocenters. The summed E-state index contributed by atoms with van der Waals surface area (Å²) in [4.78, 5) is 0. The van der Waals surface area contributed by atoms with Crippen molar-refractivity contribution in [3.05, 3.63) is 40.9 Å². The smallest absolute Gasteiger partial charge is 0.142 e. The topological polar surface area (TPSA) is 35.2 Å². The first-order chi connectivity index (χ1) is 6.65. The van der Waals surface area contributed by atoms with Crippen molar-refractivity contribution in [1.82, 2.24) is 0 Å². The Labute approximate surface area is 89.3 Å². The van der Waals surface area contributed by atoms with Crippen LogP contribution in [0, 0.1) is 0 Å². The summed E-state index contributed by atoms with van der Waals surface area (Å²) in [6, 6.07) is 5.55. The van der Waals surface area contributed by atoms with Gasteiger partial charge in [0.15, 0.2) is 0 Å². The maximum Gasteiger partial charge on any atom is 0.142 e. The molecule has 2 nitrogen and oxygen atoms in total. The van der Waals surface area contributed by atoms with Crippen molar-refractivity contribution in [2.45, 2.75) is 13.5 Å². The van der Waals surface area contributed by atoms with Crippen LogP contribution in [0.3, 0.4) is 0 Å². The van der Waals surface area contributed by atoms with E-state index in [4.69, 9.17) is 22.1 Å². The van der Waals surface area contributed by atoms with Gasteiger partial charge in [-0.1, -0.05) is 30.3 Å². The summed E-state index contributed by atoms with van der Waals surface area (Å²) >= 11 is 5.98. The second kappa shape index (κ2) is 5.03. The van der Waals surface area contributed by atoms with E-state index in [2.05, 4.69) is 6.58 Å². The lowest BCUT2D eigenvalue weighted by atomic mass is 10.2. The zero-order chi connectivity index (χ0) is 10.6. The molecular formula is C11H14ClNO. The fourth-order valence-corrected chi connectivity index (χ4v) is 1.32. The van der Waals surface area contributed by atoms with Crippen molar-refractivity contribution in [3.63, 3.8) is 0 Å². The minimum absolute atomic E-state index is 0.423. The summed E-state index contributed by atoms with van der Waals surface area (Å²) in [5.41, 5.74) is 7.43. The molecule has 0 atom stereocenters. The van der Waals surface area contributed by atoms with Crippen LogP contribution in [-0.2, 0) is 6.54 Å². The molecule has 0 fully saturated rings. The predicted molar refractivity (Wildman–Crippen MR) is 59.7 cm³/mol. The summed E-state index contributed by atoms with van der Waals surface area (Å²) in [6.07, 6.45) is 0. The normalized spacial score (nSPS) is 9.93. The van der Waals surface area contributed by atoms with E-state index in [0.29, 0.717) is 23.9 Å². The molecule has 0 aliphatic heterocycles. The molecule has 14 heavy (non-hydrogen) atoms. The second-order valence-electron chi connectivity index (χ2n) is 3.18. The van der Waals surface area contributed by atoms with Crippen molar-refractivity contribution in [2.75, 3.05) is 6.61 Å². The van der Waals surface area contributed by atoms with Crippen molar-refractivity contribution >= 4 is 11.6 Å². The fourth-order valence-electron chi connectivity index (χ4n) is 1.07. The molecule has 3 heteroatoms. The number of para-hydroxylation sites is 1.